The largest absolute Gasteiger partial charge is 0.494 e. The van der Waals surface area contributed by atoms with Crippen LogP contribution in [0.25, 0.3) is 0 Å². The van der Waals surface area contributed by atoms with Crippen molar-refractivity contribution < 1.29 is 9.53 Å². The number of carbonyl (C=O) groups excluding carboxylic acids is 1. The number of amides is 1. The predicted octanol–water partition coefficient (Wildman–Crippen LogP) is 6.20. The molecule has 1 N–H and O–H groups in total. The standard InChI is InChI=1S/C19H21Cl2NO2/c1-2-3-4-5-10-24-18-8-6-17(7-9-18)22-19(23)14-11-15(20)13-16(21)12-14/h6-9,11-13H,2-5,10H2,1H3,(H,22,23). The summed E-state index contributed by atoms with van der Waals surface area (Å²) >= 11 is 11.8. The Morgan fingerprint density at radius 3 is 2.29 bits per heavy atom. The number of anilines is 1. The number of unbranched alkanes of at least 4 members (excludes halogenated alkanes) is 3. The molecule has 2 aromatic rings. The van der Waals surface area contributed by atoms with Gasteiger partial charge in [-0.05, 0) is 48.9 Å². The van der Waals surface area contributed by atoms with Gasteiger partial charge in [-0.25, -0.2) is 0 Å². The minimum Gasteiger partial charge on any atom is -0.494 e. The number of nitrogens with one attached hydrogen (secondary N) is 1. The molecule has 0 fully saturated rings. The van der Waals surface area contributed by atoms with Crippen LogP contribution in [0.2, 0.25) is 10.0 Å². The maximum atomic E-state index is 12.2. The van der Waals surface area contributed by atoms with E-state index in [1.807, 2.05) is 24.3 Å². The van der Waals surface area contributed by atoms with Gasteiger partial charge in [0.2, 0.25) is 0 Å². The van der Waals surface area contributed by atoms with Gasteiger partial charge in [-0.3, -0.25) is 4.79 Å². The van der Waals surface area contributed by atoms with Crippen LogP contribution in [0.1, 0.15) is 43.0 Å². The van der Waals surface area contributed by atoms with Gasteiger partial charge in [0.15, 0.2) is 0 Å². The Balaban J connectivity index is 1.87. The van der Waals surface area contributed by atoms with Crippen LogP contribution in [-0.2, 0) is 0 Å². The van der Waals surface area contributed by atoms with Gasteiger partial charge in [0, 0.05) is 21.3 Å². The normalized spacial score (nSPS) is 10.5. The molecule has 0 heterocycles. The number of rotatable bonds is 8. The van der Waals surface area contributed by atoms with E-state index in [2.05, 4.69) is 12.2 Å². The molecule has 0 unspecified atom stereocenters. The van der Waals surface area contributed by atoms with Crippen molar-refractivity contribution in [2.75, 3.05) is 11.9 Å². The third-order valence-corrected chi connectivity index (χ3v) is 3.94. The van der Waals surface area contributed by atoms with Crippen LogP contribution in [0.5, 0.6) is 5.75 Å². The molecule has 128 valence electrons. The Kier molecular flexibility index (Phi) is 7.41. The summed E-state index contributed by atoms with van der Waals surface area (Å²) < 4.78 is 5.68. The number of hydrogen-bond acceptors (Lipinski definition) is 2. The van der Waals surface area contributed by atoms with Gasteiger partial charge in [-0.2, -0.15) is 0 Å². The Morgan fingerprint density at radius 2 is 1.67 bits per heavy atom. The third-order valence-electron chi connectivity index (χ3n) is 3.50. The molecule has 0 saturated carbocycles. The molecule has 3 nitrogen and oxygen atoms in total. The van der Waals surface area contributed by atoms with E-state index in [-0.39, 0.29) is 5.91 Å². The summed E-state index contributed by atoms with van der Waals surface area (Å²) in [6.07, 6.45) is 4.70. The zero-order chi connectivity index (χ0) is 17.4. The Morgan fingerprint density at radius 1 is 1.00 bits per heavy atom. The lowest BCUT2D eigenvalue weighted by Crippen LogP contribution is -2.11. The van der Waals surface area contributed by atoms with E-state index in [0.717, 1.165) is 12.2 Å². The average molecular weight is 366 g/mol. The molecule has 0 atom stereocenters. The van der Waals surface area contributed by atoms with Gasteiger partial charge >= 0.3 is 0 Å². The smallest absolute Gasteiger partial charge is 0.255 e. The highest BCUT2D eigenvalue weighted by molar-refractivity contribution is 6.35. The molecule has 0 bridgehead atoms. The summed E-state index contributed by atoms with van der Waals surface area (Å²) in [5.74, 6) is 0.544. The molecule has 0 aliphatic rings. The molecule has 2 aromatic carbocycles. The van der Waals surface area contributed by atoms with Crippen molar-refractivity contribution in [3.63, 3.8) is 0 Å². The molecule has 0 aliphatic heterocycles. The molecule has 0 spiro atoms. The van der Waals surface area contributed by atoms with E-state index in [1.54, 1.807) is 18.2 Å². The second-order valence-electron chi connectivity index (χ2n) is 5.55. The lowest BCUT2D eigenvalue weighted by Gasteiger charge is -2.09. The highest BCUT2D eigenvalue weighted by atomic mass is 35.5. The van der Waals surface area contributed by atoms with Crippen LogP contribution >= 0.6 is 23.2 Å². The summed E-state index contributed by atoms with van der Waals surface area (Å²) in [4.78, 5) is 12.2. The van der Waals surface area contributed by atoms with Gasteiger partial charge in [0.1, 0.15) is 5.75 Å². The predicted molar refractivity (Wildman–Crippen MR) is 100 cm³/mol. The molecule has 2 rings (SSSR count). The second kappa shape index (κ2) is 9.55. The molecule has 0 saturated heterocycles. The number of halogens is 2. The van der Waals surface area contributed by atoms with Crippen LogP contribution < -0.4 is 10.1 Å². The van der Waals surface area contributed by atoms with Crippen molar-refractivity contribution in [1.82, 2.24) is 0 Å². The lowest BCUT2D eigenvalue weighted by molar-refractivity contribution is 0.102. The van der Waals surface area contributed by atoms with E-state index in [1.165, 1.54) is 19.3 Å². The van der Waals surface area contributed by atoms with Crippen molar-refractivity contribution >= 4 is 34.8 Å². The molecule has 0 aromatic heterocycles. The highest BCUT2D eigenvalue weighted by Crippen LogP contribution is 2.21. The summed E-state index contributed by atoms with van der Waals surface area (Å²) in [7, 11) is 0. The van der Waals surface area contributed by atoms with Crippen molar-refractivity contribution in [2.24, 2.45) is 0 Å². The quantitative estimate of drug-likeness (QED) is 0.565. The van der Waals surface area contributed by atoms with Crippen molar-refractivity contribution in [3.8, 4) is 5.75 Å². The fraction of sp³-hybridized carbons (Fsp3) is 0.316. The van der Waals surface area contributed by atoms with E-state index in [0.29, 0.717) is 27.9 Å². The molecule has 0 aliphatic carbocycles. The minimum absolute atomic E-state index is 0.257. The number of carbonyl (C=O) groups is 1. The molecule has 0 radical (unpaired) electrons. The van der Waals surface area contributed by atoms with Crippen LogP contribution in [-0.4, -0.2) is 12.5 Å². The van der Waals surface area contributed by atoms with Crippen LogP contribution in [0, 0.1) is 0 Å². The van der Waals surface area contributed by atoms with Gasteiger partial charge in [-0.1, -0.05) is 49.4 Å². The van der Waals surface area contributed by atoms with E-state index in [9.17, 15) is 4.79 Å². The molecule has 5 heteroatoms. The van der Waals surface area contributed by atoms with Crippen molar-refractivity contribution in [2.45, 2.75) is 32.6 Å². The zero-order valence-electron chi connectivity index (χ0n) is 13.6. The fourth-order valence-corrected chi connectivity index (χ4v) is 2.77. The van der Waals surface area contributed by atoms with Crippen LogP contribution in [0.15, 0.2) is 42.5 Å². The average Bonchev–Trinajstić information content (AvgIpc) is 2.55. The summed E-state index contributed by atoms with van der Waals surface area (Å²) in [5.41, 5.74) is 1.11. The topological polar surface area (TPSA) is 38.3 Å². The first-order chi connectivity index (χ1) is 11.6. The number of ether oxygens (including phenoxy) is 1. The Labute approximate surface area is 152 Å². The lowest BCUT2D eigenvalue weighted by atomic mass is 10.2. The Hall–Kier alpha value is -1.71. The first-order valence-corrected chi connectivity index (χ1v) is 8.84. The van der Waals surface area contributed by atoms with Crippen molar-refractivity contribution in [3.05, 3.63) is 58.1 Å². The first kappa shape index (κ1) is 18.6. The molecule has 24 heavy (non-hydrogen) atoms. The van der Waals surface area contributed by atoms with E-state index >= 15 is 0 Å². The maximum absolute atomic E-state index is 12.2. The van der Waals surface area contributed by atoms with E-state index in [4.69, 9.17) is 27.9 Å². The number of benzene rings is 2. The number of hydrogen-bond donors (Lipinski definition) is 1. The monoisotopic (exact) mass is 365 g/mol. The second-order valence-corrected chi connectivity index (χ2v) is 6.42. The SMILES string of the molecule is CCCCCCOc1ccc(NC(=O)c2cc(Cl)cc(Cl)c2)cc1. The zero-order valence-corrected chi connectivity index (χ0v) is 15.2. The molecular weight excluding hydrogens is 345 g/mol. The van der Waals surface area contributed by atoms with Gasteiger partial charge in [-0.15, -0.1) is 0 Å². The summed E-state index contributed by atoms with van der Waals surface area (Å²) in [6, 6.07) is 12.1. The van der Waals surface area contributed by atoms with Gasteiger partial charge < -0.3 is 10.1 Å². The van der Waals surface area contributed by atoms with E-state index < -0.39 is 0 Å². The third kappa shape index (κ3) is 6.06. The van der Waals surface area contributed by atoms with Crippen LogP contribution in [0.4, 0.5) is 5.69 Å². The Bertz CT molecular complexity index is 651. The fourth-order valence-electron chi connectivity index (χ4n) is 2.24. The van der Waals surface area contributed by atoms with Crippen LogP contribution in [0.3, 0.4) is 0 Å². The summed E-state index contributed by atoms with van der Waals surface area (Å²) in [6.45, 7) is 2.90. The maximum Gasteiger partial charge on any atom is 0.255 e. The van der Waals surface area contributed by atoms with Gasteiger partial charge in [0.25, 0.3) is 5.91 Å². The van der Waals surface area contributed by atoms with Crippen molar-refractivity contribution in [1.29, 1.82) is 0 Å². The molecular formula is C19H21Cl2NO2. The first-order valence-electron chi connectivity index (χ1n) is 8.09. The highest BCUT2D eigenvalue weighted by Gasteiger charge is 2.08. The minimum atomic E-state index is -0.257. The molecule has 1 amide bonds. The summed E-state index contributed by atoms with van der Waals surface area (Å²) in [5, 5.41) is 3.67. The van der Waals surface area contributed by atoms with Gasteiger partial charge in [0.05, 0.1) is 6.61 Å².